The van der Waals surface area contributed by atoms with E-state index in [1.165, 1.54) is 5.51 Å². The molecular weight excluding hydrogens is 290 g/mol. The van der Waals surface area contributed by atoms with Crippen molar-refractivity contribution >= 4 is 51.8 Å². The number of thiazole rings is 1. The number of carboxylic acids is 1. The maximum Gasteiger partial charge on any atom is 0.349 e. The molecule has 0 saturated carbocycles. The Labute approximate surface area is 115 Å². The maximum atomic E-state index is 11.0. The average Bonchev–Trinajstić information content (AvgIpc) is 2.95. The van der Waals surface area contributed by atoms with E-state index < -0.39 is 5.97 Å². The number of oxazole rings is 1. The Morgan fingerprint density at radius 1 is 1.47 bits per heavy atom. The number of anilines is 2. The first-order valence-electron chi connectivity index (χ1n) is 5.13. The number of carboxylic acid groups (broad SMARTS) is 1. The summed E-state index contributed by atoms with van der Waals surface area (Å²) < 4.78 is 5.42. The van der Waals surface area contributed by atoms with E-state index in [1.54, 1.807) is 18.2 Å². The Balaban J connectivity index is 1.97. The van der Waals surface area contributed by atoms with Crippen LogP contribution >= 0.6 is 22.9 Å². The molecule has 2 N–H and O–H groups in total. The van der Waals surface area contributed by atoms with Crippen molar-refractivity contribution in [2.75, 3.05) is 5.32 Å². The van der Waals surface area contributed by atoms with Gasteiger partial charge in [0.25, 0.3) is 0 Å². The Morgan fingerprint density at radius 2 is 2.32 bits per heavy atom. The molecular formula is C11H6ClN3O3S. The van der Waals surface area contributed by atoms with Crippen molar-refractivity contribution in [1.29, 1.82) is 0 Å². The van der Waals surface area contributed by atoms with Gasteiger partial charge in [0.05, 0.1) is 5.51 Å². The average molecular weight is 296 g/mol. The van der Waals surface area contributed by atoms with Crippen LogP contribution in [0.2, 0.25) is 5.02 Å². The Morgan fingerprint density at radius 3 is 3.11 bits per heavy atom. The molecule has 0 saturated heterocycles. The number of fused-ring (bicyclic) bond motifs is 1. The van der Waals surface area contributed by atoms with Crippen LogP contribution in [0, 0.1) is 0 Å². The van der Waals surface area contributed by atoms with Crippen molar-refractivity contribution in [2.45, 2.75) is 0 Å². The number of aromatic carboxylic acids is 1. The summed E-state index contributed by atoms with van der Waals surface area (Å²) in [5.41, 5.74) is 2.58. The summed E-state index contributed by atoms with van der Waals surface area (Å²) in [6.45, 7) is 0. The summed E-state index contributed by atoms with van der Waals surface area (Å²) in [4.78, 5) is 19.1. The van der Waals surface area contributed by atoms with Gasteiger partial charge in [-0.25, -0.2) is 9.78 Å². The molecule has 0 aliphatic rings. The van der Waals surface area contributed by atoms with E-state index in [4.69, 9.17) is 21.1 Å². The van der Waals surface area contributed by atoms with Gasteiger partial charge >= 0.3 is 12.0 Å². The topological polar surface area (TPSA) is 88.2 Å². The number of carbonyl (C=O) groups is 1. The fraction of sp³-hybridized carbons (Fsp3) is 0. The van der Waals surface area contributed by atoms with Gasteiger partial charge in [-0.15, -0.1) is 11.3 Å². The van der Waals surface area contributed by atoms with Gasteiger partial charge in [0.1, 0.15) is 5.52 Å². The van der Waals surface area contributed by atoms with E-state index in [0.29, 0.717) is 16.1 Å². The summed E-state index contributed by atoms with van der Waals surface area (Å²) in [5, 5.41) is 12.3. The van der Waals surface area contributed by atoms with E-state index in [2.05, 4.69) is 15.3 Å². The van der Waals surface area contributed by atoms with E-state index in [9.17, 15) is 4.79 Å². The third-order valence-corrected chi connectivity index (χ3v) is 3.39. The highest BCUT2D eigenvalue weighted by Crippen LogP contribution is 2.26. The maximum absolute atomic E-state index is 11.0. The molecule has 0 aliphatic carbocycles. The van der Waals surface area contributed by atoms with Crippen LogP contribution in [0.4, 0.5) is 11.8 Å². The monoisotopic (exact) mass is 295 g/mol. The molecule has 6 nitrogen and oxygen atoms in total. The molecule has 0 fully saturated rings. The fourth-order valence-electron chi connectivity index (χ4n) is 1.54. The summed E-state index contributed by atoms with van der Waals surface area (Å²) in [5.74, 6) is -0.848. The van der Waals surface area contributed by atoms with Crippen LogP contribution in [0.3, 0.4) is 0 Å². The summed E-state index contributed by atoms with van der Waals surface area (Å²) in [6, 6.07) is 5.20. The Kier molecular flexibility index (Phi) is 2.84. The SMILES string of the molecule is O=C(O)c1scnc1Nc1nc2cc(Cl)ccc2o1. The second kappa shape index (κ2) is 4.52. The molecule has 8 heteroatoms. The molecule has 1 aromatic carbocycles. The molecule has 2 heterocycles. The lowest BCUT2D eigenvalue weighted by atomic mass is 10.3. The number of nitrogens with zero attached hydrogens (tertiary/aromatic N) is 2. The van der Waals surface area contributed by atoms with E-state index in [-0.39, 0.29) is 16.7 Å². The van der Waals surface area contributed by atoms with Crippen LogP contribution in [-0.2, 0) is 0 Å². The van der Waals surface area contributed by atoms with Crippen LogP contribution in [0.5, 0.6) is 0 Å². The number of halogens is 1. The van der Waals surface area contributed by atoms with Crippen molar-refractivity contribution in [3.8, 4) is 0 Å². The molecule has 3 rings (SSSR count). The molecule has 0 bridgehead atoms. The quantitative estimate of drug-likeness (QED) is 0.770. The molecule has 0 radical (unpaired) electrons. The van der Waals surface area contributed by atoms with Crippen molar-refractivity contribution in [1.82, 2.24) is 9.97 Å². The van der Waals surface area contributed by atoms with E-state index in [0.717, 1.165) is 11.3 Å². The van der Waals surface area contributed by atoms with Crippen molar-refractivity contribution < 1.29 is 14.3 Å². The first-order valence-corrected chi connectivity index (χ1v) is 6.39. The van der Waals surface area contributed by atoms with Crippen LogP contribution in [0.25, 0.3) is 11.1 Å². The smallest absolute Gasteiger partial charge is 0.349 e. The number of aromatic nitrogens is 2. The molecule has 2 aromatic heterocycles. The van der Waals surface area contributed by atoms with Crippen LogP contribution in [0.1, 0.15) is 9.67 Å². The van der Waals surface area contributed by atoms with Gasteiger partial charge in [-0.3, -0.25) is 5.32 Å². The molecule has 0 unspecified atom stereocenters. The predicted octanol–water partition coefficient (Wildman–Crippen LogP) is 3.38. The van der Waals surface area contributed by atoms with Gasteiger partial charge < -0.3 is 9.52 Å². The number of hydrogen-bond donors (Lipinski definition) is 2. The van der Waals surface area contributed by atoms with Crippen molar-refractivity contribution in [3.63, 3.8) is 0 Å². The number of rotatable bonds is 3. The lowest BCUT2D eigenvalue weighted by Gasteiger charge is -1.97. The zero-order chi connectivity index (χ0) is 13.4. The largest absolute Gasteiger partial charge is 0.477 e. The summed E-state index contributed by atoms with van der Waals surface area (Å²) >= 11 is 6.87. The summed E-state index contributed by atoms with van der Waals surface area (Å²) in [7, 11) is 0. The molecule has 0 spiro atoms. The molecule has 96 valence electrons. The fourth-order valence-corrected chi connectivity index (χ4v) is 2.29. The minimum Gasteiger partial charge on any atom is -0.477 e. The van der Waals surface area contributed by atoms with Crippen LogP contribution < -0.4 is 5.32 Å². The summed E-state index contributed by atoms with van der Waals surface area (Å²) in [6.07, 6.45) is 0. The third kappa shape index (κ3) is 2.25. The molecule has 0 aliphatic heterocycles. The van der Waals surface area contributed by atoms with Crippen molar-refractivity contribution in [2.24, 2.45) is 0 Å². The molecule has 3 aromatic rings. The van der Waals surface area contributed by atoms with Gasteiger partial charge in [0, 0.05) is 5.02 Å². The molecule has 19 heavy (non-hydrogen) atoms. The van der Waals surface area contributed by atoms with Gasteiger partial charge in [0.15, 0.2) is 16.3 Å². The first kappa shape index (κ1) is 11.9. The van der Waals surface area contributed by atoms with Gasteiger partial charge in [-0.2, -0.15) is 4.98 Å². The standard InChI is InChI=1S/C11H6ClN3O3S/c12-5-1-2-7-6(3-5)14-11(18-7)15-9-8(10(16)17)19-4-13-9/h1-4H,(H,14,15)(H,16,17). The van der Waals surface area contributed by atoms with E-state index in [1.807, 2.05) is 0 Å². The lowest BCUT2D eigenvalue weighted by Crippen LogP contribution is -1.99. The minimum atomic E-state index is -1.05. The molecule has 0 amide bonds. The second-order valence-corrected chi connectivity index (χ2v) is 4.88. The van der Waals surface area contributed by atoms with Crippen LogP contribution in [0.15, 0.2) is 28.1 Å². The van der Waals surface area contributed by atoms with E-state index >= 15 is 0 Å². The highest BCUT2D eigenvalue weighted by Gasteiger charge is 2.15. The predicted molar refractivity (Wildman–Crippen MR) is 71.4 cm³/mol. The van der Waals surface area contributed by atoms with Gasteiger partial charge in [0.2, 0.25) is 0 Å². The zero-order valence-electron chi connectivity index (χ0n) is 9.25. The third-order valence-electron chi connectivity index (χ3n) is 2.34. The Bertz CT molecular complexity index is 767. The van der Waals surface area contributed by atoms with Gasteiger partial charge in [-0.1, -0.05) is 11.6 Å². The highest BCUT2D eigenvalue weighted by molar-refractivity contribution is 7.12. The van der Waals surface area contributed by atoms with Crippen molar-refractivity contribution in [3.05, 3.63) is 33.6 Å². The highest BCUT2D eigenvalue weighted by atomic mass is 35.5. The Hall–Kier alpha value is -2.12. The number of hydrogen-bond acceptors (Lipinski definition) is 6. The molecule has 0 atom stereocenters. The lowest BCUT2D eigenvalue weighted by molar-refractivity contribution is 0.0703. The second-order valence-electron chi connectivity index (χ2n) is 3.59. The first-order chi connectivity index (χ1) is 9.13. The number of benzene rings is 1. The van der Waals surface area contributed by atoms with Gasteiger partial charge in [-0.05, 0) is 18.2 Å². The number of nitrogens with one attached hydrogen (secondary N) is 1. The minimum absolute atomic E-state index is 0.0975. The van der Waals surface area contributed by atoms with Crippen LogP contribution in [-0.4, -0.2) is 21.0 Å². The normalized spacial score (nSPS) is 10.8. The zero-order valence-corrected chi connectivity index (χ0v) is 10.8.